The Morgan fingerprint density at radius 1 is 1.23 bits per heavy atom. The highest BCUT2D eigenvalue weighted by molar-refractivity contribution is 6.07. The predicted octanol–water partition coefficient (Wildman–Crippen LogP) is 2.85. The first kappa shape index (κ1) is 16.5. The van der Waals surface area contributed by atoms with Crippen molar-refractivity contribution in [1.82, 2.24) is 29.6 Å². The van der Waals surface area contributed by atoms with Crippen molar-refractivity contribution < 1.29 is 0 Å². The van der Waals surface area contributed by atoms with Gasteiger partial charge in [0.05, 0.1) is 29.0 Å². The number of hydrogen-bond donors (Lipinski definition) is 2. The topological polar surface area (TPSA) is 88.7 Å². The number of anilines is 1. The van der Waals surface area contributed by atoms with Crippen LogP contribution >= 0.6 is 0 Å². The van der Waals surface area contributed by atoms with Crippen LogP contribution in [-0.4, -0.2) is 43.2 Å². The fraction of sp³-hybridized carbons (Fsp3) is 0.316. The fourth-order valence-corrected chi connectivity index (χ4v) is 3.30. The number of hydrogen-bond acceptors (Lipinski definition) is 5. The van der Waals surface area contributed by atoms with E-state index in [9.17, 15) is 0 Å². The molecular formula is C19H23N7. The quantitative estimate of drug-likeness (QED) is 0.591. The average molecular weight is 349 g/mol. The highest BCUT2D eigenvalue weighted by Gasteiger charge is 2.14. The zero-order valence-corrected chi connectivity index (χ0v) is 15.5. The third kappa shape index (κ3) is 2.70. The standard InChI is InChI=1S/C19H23N7/c1-5-25(3)10-16-22-17-13-7-6-12(15-8-11(2)24-26(15)4)9-14(13)21-19(20)18(17)23-16/h6-9H,5,10H2,1-4H3,(H2,20,21)(H,22,23). The van der Waals surface area contributed by atoms with Crippen LogP contribution in [0.15, 0.2) is 24.3 Å². The van der Waals surface area contributed by atoms with Crippen molar-refractivity contribution in [2.24, 2.45) is 7.05 Å². The van der Waals surface area contributed by atoms with Gasteiger partial charge in [-0.3, -0.25) is 9.58 Å². The van der Waals surface area contributed by atoms with Crippen LogP contribution in [0.4, 0.5) is 5.82 Å². The van der Waals surface area contributed by atoms with Crippen LogP contribution in [0.1, 0.15) is 18.4 Å². The summed E-state index contributed by atoms with van der Waals surface area (Å²) in [6.45, 7) is 5.82. The van der Waals surface area contributed by atoms with Gasteiger partial charge in [0.25, 0.3) is 0 Å². The van der Waals surface area contributed by atoms with Gasteiger partial charge in [0.15, 0.2) is 5.82 Å². The molecule has 4 aromatic rings. The Hall–Kier alpha value is -2.93. The molecule has 26 heavy (non-hydrogen) atoms. The number of H-pyrrole nitrogens is 1. The molecule has 0 unspecified atom stereocenters. The molecule has 3 N–H and O–H groups in total. The molecule has 7 nitrogen and oxygen atoms in total. The number of aromatic amines is 1. The number of aromatic nitrogens is 5. The van der Waals surface area contributed by atoms with E-state index < -0.39 is 0 Å². The molecule has 0 atom stereocenters. The summed E-state index contributed by atoms with van der Waals surface area (Å²) >= 11 is 0. The SMILES string of the molecule is CCN(C)Cc1nc2c(N)nc3cc(-c4cc(C)nn4C)ccc3c2[nH]1. The highest BCUT2D eigenvalue weighted by Crippen LogP contribution is 2.30. The van der Waals surface area contributed by atoms with Crippen molar-refractivity contribution in [3.05, 3.63) is 35.8 Å². The van der Waals surface area contributed by atoms with Crippen LogP contribution in [0, 0.1) is 6.92 Å². The molecule has 134 valence electrons. The normalized spacial score (nSPS) is 11.9. The van der Waals surface area contributed by atoms with Crippen LogP contribution in [0.2, 0.25) is 0 Å². The Morgan fingerprint density at radius 2 is 2.04 bits per heavy atom. The second-order valence-electron chi connectivity index (χ2n) is 6.76. The van der Waals surface area contributed by atoms with Crippen molar-refractivity contribution in [2.75, 3.05) is 19.3 Å². The number of fused-ring (bicyclic) bond motifs is 3. The van der Waals surface area contributed by atoms with Gasteiger partial charge >= 0.3 is 0 Å². The first-order valence-electron chi connectivity index (χ1n) is 8.73. The second-order valence-corrected chi connectivity index (χ2v) is 6.76. The zero-order valence-electron chi connectivity index (χ0n) is 15.5. The number of nitrogen functional groups attached to an aromatic ring is 1. The average Bonchev–Trinajstić information content (AvgIpc) is 3.17. The fourth-order valence-electron chi connectivity index (χ4n) is 3.30. The molecule has 0 radical (unpaired) electrons. The number of imidazole rings is 1. The van der Waals surface area contributed by atoms with Crippen molar-refractivity contribution in [3.8, 4) is 11.3 Å². The van der Waals surface area contributed by atoms with E-state index in [4.69, 9.17) is 5.73 Å². The van der Waals surface area contributed by atoms with E-state index in [1.165, 1.54) is 0 Å². The maximum absolute atomic E-state index is 6.20. The lowest BCUT2D eigenvalue weighted by Gasteiger charge is -2.10. The van der Waals surface area contributed by atoms with E-state index in [2.05, 4.69) is 63.2 Å². The molecule has 4 rings (SSSR count). The molecule has 3 heterocycles. The van der Waals surface area contributed by atoms with Crippen LogP contribution in [-0.2, 0) is 13.6 Å². The van der Waals surface area contributed by atoms with Gasteiger partial charge in [0, 0.05) is 18.0 Å². The molecule has 3 aromatic heterocycles. The van der Waals surface area contributed by atoms with Crippen molar-refractivity contribution in [3.63, 3.8) is 0 Å². The molecule has 7 heteroatoms. The Bertz CT molecular complexity index is 1110. The number of nitrogens with zero attached hydrogens (tertiary/aromatic N) is 5. The Kier molecular flexibility index (Phi) is 3.88. The predicted molar refractivity (Wildman–Crippen MR) is 105 cm³/mol. The summed E-state index contributed by atoms with van der Waals surface area (Å²) in [5, 5.41) is 5.45. The molecule has 1 aromatic carbocycles. The molecule has 0 aliphatic carbocycles. The monoisotopic (exact) mass is 349 g/mol. The summed E-state index contributed by atoms with van der Waals surface area (Å²) in [5.74, 6) is 1.35. The molecule has 0 aliphatic rings. The molecule has 0 bridgehead atoms. The summed E-state index contributed by atoms with van der Waals surface area (Å²) in [6, 6.07) is 8.29. The van der Waals surface area contributed by atoms with Crippen molar-refractivity contribution in [2.45, 2.75) is 20.4 Å². The minimum atomic E-state index is 0.451. The van der Waals surface area contributed by atoms with Crippen LogP contribution in [0.5, 0.6) is 0 Å². The largest absolute Gasteiger partial charge is 0.382 e. The lowest BCUT2D eigenvalue weighted by atomic mass is 10.1. The Balaban J connectivity index is 1.87. The van der Waals surface area contributed by atoms with E-state index in [1.54, 1.807) is 0 Å². The maximum Gasteiger partial charge on any atom is 0.152 e. The number of aryl methyl sites for hydroxylation is 2. The first-order valence-corrected chi connectivity index (χ1v) is 8.73. The van der Waals surface area contributed by atoms with Crippen LogP contribution in [0.25, 0.3) is 33.2 Å². The molecular weight excluding hydrogens is 326 g/mol. The maximum atomic E-state index is 6.20. The van der Waals surface area contributed by atoms with E-state index >= 15 is 0 Å². The van der Waals surface area contributed by atoms with Gasteiger partial charge < -0.3 is 10.7 Å². The van der Waals surface area contributed by atoms with E-state index in [0.717, 1.165) is 57.8 Å². The third-order valence-corrected chi connectivity index (χ3v) is 4.76. The second kappa shape index (κ2) is 6.10. The summed E-state index contributed by atoms with van der Waals surface area (Å²) < 4.78 is 1.88. The van der Waals surface area contributed by atoms with Gasteiger partial charge in [-0.25, -0.2) is 9.97 Å². The lowest BCUT2D eigenvalue weighted by molar-refractivity contribution is 0.338. The summed E-state index contributed by atoms with van der Waals surface area (Å²) in [6.07, 6.45) is 0. The molecule has 0 spiro atoms. The van der Waals surface area contributed by atoms with E-state index in [-0.39, 0.29) is 0 Å². The van der Waals surface area contributed by atoms with Gasteiger partial charge in [0.1, 0.15) is 11.3 Å². The molecule has 0 saturated heterocycles. The summed E-state index contributed by atoms with van der Waals surface area (Å²) in [4.78, 5) is 14.9. The third-order valence-electron chi connectivity index (χ3n) is 4.76. The van der Waals surface area contributed by atoms with Crippen molar-refractivity contribution >= 4 is 27.8 Å². The van der Waals surface area contributed by atoms with Gasteiger partial charge in [-0.2, -0.15) is 5.10 Å². The lowest BCUT2D eigenvalue weighted by Crippen LogP contribution is -2.17. The summed E-state index contributed by atoms with van der Waals surface area (Å²) in [7, 11) is 4.01. The Labute approximate surface area is 151 Å². The number of pyridine rings is 1. The molecule has 0 saturated carbocycles. The first-order chi connectivity index (χ1) is 12.5. The van der Waals surface area contributed by atoms with Gasteiger partial charge in [0.2, 0.25) is 0 Å². The van der Waals surface area contributed by atoms with Gasteiger partial charge in [-0.1, -0.05) is 13.0 Å². The van der Waals surface area contributed by atoms with Crippen LogP contribution in [0.3, 0.4) is 0 Å². The number of rotatable bonds is 4. The number of nitrogens with one attached hydrogen (secondary N) is 1. The van der Waals surface area contributed by atoms with E-state index in [0.29, 0.717) is 5.82 Å². The van der Waals surface area contributed by atoms with Crippen molar-refractivity contribution in [1.29, 1.82) is 0 Å². The summed E-state index contributed by atoms with van der Waals surface area (Å²) in [5.41, 5.74) is 11.8. The minimum Gasteiger partial charge on any atom is -0.382 e. The van der Waals surface area contributed by atoms with Gasteiger partial charge in [-0.15, -0.1) is 0 Å². The smallest absolute Gasteiger partial charge is 0.152 e. The number of benzene rings is 1. The van der Waals surface area contributed by atoms with Crippen LogP contribution < -0.4 is 5.73 Å². The number of nitrogens with two attached hydrogens (primary N) is 1. The van der Waals surface area contributed by atoms with Gasteiger partial charge in [-0.05, 0) is 38.7 Å². The molecule has 0 aliphatic heterocycles. The molecule has 0 fully saturated rings. The highest BCUT2D eigenvalue weighted by atomic mass is 15.3. The Morgan fingerprint density at radius 3 is 2.73 bits per heavy atom. The molecule has 0 amide bonds. The minimum absolute atomic E-state index is 0.451. The van der Waals surface area contributed by atoms with E-state index in [1.807, 2.05) is 18.7 Å². The zero-order chi connectivity index (χ0) is 18.4.